The number of hydrogen-bond acceptors (Lipinski definition) is 5. The van der Waals surface area contributed by atoms with Crippen molar-refractivity contribution in [1.82, 2.24) is 14.9 Å². The molecule has 0 N–H and O–H groups in total. The highest BCUT2D eigenvalue weighted by Crippen LogP contribution is 2.48. The molecule has 1 fully saturated rings. The van der Waals surface area contributed by atoms with Crippen molar-refractivity contribution in [2.45, 2.75) is 12.0 Å². The molecule has 0 atom stereocenters. The third-order valence-corrected chi connectivity index (χ3v) is 7.17. The van der Waals surface area contributed by atoms with Crippen LogP contribution in [0.3, 0.4) is 0 Å². The number of rotatable bonds is 6. The van der Waals surface area contributed by atoms with Crippen molar-refractivity contribution >= 4 is 22.4 Å². The predicted molar refractivity (Wildman–Crippen MR) is 133 cm³/mol. The van der Waals surface area contributed by atoms with Crippen molar-refractivity contribution < 1.29 is 13.9 Å². The maximum absolute atomic E-state index is 13.9. The van der Waals surface area contributed by atoms with Gasteiger partial charge >= 0.3 is 0 Å². The van der Waals surface area contributed by atoms with Crippen LogP contribution in [0.4, 0.5) is 10.1 Å². The number of carbonyl (C=O) groups is 1. The van der Waals surface area contributed by atoms with Crippen molar-refractivity contribution in [2.24, 2.45) is 0 Å². The summed E-state index contributed by atoms with van der Waals surface area (Å²) in [5.74, 6) is -0.428. The maximum Gasteiger partial charge on any atom is 0.240 e. The Balaban J connectivity index is 1.41. The molecule has 4 heterocycles. The molecule has 176 valence electrons. The average molecular weight is 469 g/mol. The van der Waals surface area contributed by atoms with Gasteiger partial charge in [0.2, 0.25) is 11.9 Å². The van der Waals surface area contributed by atoms with Crippen LogP contribution >= 0.6 is 0 Å². The van der Waals surface area contributed by atoms with E-state index >= 15 is 0 Å². The van der Waals surface area contributed by atoms with Crippen LogP contribution < -0.4 is 4.90 Å². The van der Waals surface area contributed by atoms with Gasteiger partial charge in [-0.3, -0.25) is 14.7 Å². The van der Waals surface area contributed by atoms with Gasteiger partial charge in [-0.15, -0.1) is 0 Å². The molecule has 1 amide bonds. The average Bonchev–Trinajstić information content (AvgIpc) is 3.10. The lowest BCUT2D eigenvalue weighted by atomic mass is 9.74. The molecule has 2 aromatic heterocycles. The Morgan fingerprint density at radius 3 is 2.60 bits per heavy atom. The number of benzene rings is 2. The van der Waals surface area contributed by atoms with E-state index < -0.39 is 11.4 Å². The largest absolute Gasteiger partial charge is 0.383 e. The first-order chi connectivity index (χ1) is 17.1. The van der Waals surface area contributed by atoms with Crippen LogP contribution in [-0.2, 0) is 21.5 Å². The van der Waals surface area contributed by atoms with Gasteiger partial charge in [0.25, 0.3) is 0 Å². The van der Waals surface area contributed by atoms with Gasteiger partial charge in [0.15, 0.2) is 0 Å². The lowest BCUT2D eigenvalue weighted by Gasteiger charge is -2.46. The zero-order chi connectivity index (χ0) is 24.0. The molecular formula is C28H25FN4O2. The second-order valence-corrected chi connectivity index (χ2v) is 9.23. The fourth-order valence-electron chi connectivity index (χ4n) is 5.48. The second kappa shape index (κ2) is 8.52. The summed E-state index contributed by atoms with van der Waals surface area (Å²) in [5, 5.41) is 1.97. The standard InChI is InChI=1S/C28H25FN4O2/c1-35-13-12-32-17-28(18-32)22-8-4-5-9-24(22)33(27(28)34)16-23-26(20-10-11-25(29)31-15-20)21-7-3-2-6-19(21)14-30-23/h2-11,14-15H,12-13,16-18H2,1H3. The number of pyridine rings is 2. The summed E-state index contributed by atoms with van der Waals surface area (Å²) in [7, 11) is 1.69. The van der Waals surface area contributed by atoms with Crippen molar-refractivity contribution in [1.29, 1.82) is 0 Å². The first-order valence-electron chi connectivity index (χ1n) is 11.7. The molecule has 2 aliphatic heterocycles. The number of fused-ring (bicyclic) bond motifs is 3. The van der Waals surface area contributed by atoms with Gasteiger partial charge in [0.1, 0.15) is 5.41 Å². The zero-order valence-electron chi connectivity index (χ0n) is 19.4. The fourth-order valence-corrected chi connectivity index (χ4v) is 5.48. The minimum Gasteiger partial charge on any atom is -0.383 e. The van der Waals surface area contributed by atoms with Gasteiger partial charge in [0.05, 0.1) is 18.8 Å². The van der Waals surface area contributed by atoms with Crippen LogP contribution in [0.25, 0.3) is 21.9 Å². The molecule has 6 rings (SSSR count). The molecular weight excluding hydrogens is 443 g/mol. The number of halogens is 1. The summed E-state index contributed by atoms with van der Waals surface area (Å²) in [6, 6.07) is 19.1. The second-order valence-electron chi connectivity index (χ2n) is 9.23. The Hall–Kier alpha value is -3.68. The van der Waals surface area contributed by atoms with Crippen LogP contribution in [0.5, 0.6) is 0 Å². The maximum atomic E-state index is 13.9. The third kappa shape index (κ3) is 3.50. The molecule has 0 radical (unpaired) electrons. The normalized spacial score (nSPS) is 16.6. The topological polar surface area (TPSA) is 58.6 Å². The highest BCUT2D eigenvalue weighted by atomic mass is 19.1. The lowest BCUT2D eigenvalue weighted by Crippen LogP contribution is -2.64. The molecule has 6 nitrogen and oxygen atoms in total. The van der Waals surface area contributed by atoms with E-state index in [0.29, 0.717) is 26.2 Å². The number of methoxy groups -OCH3 is 1. The lowest BCUT2D eigenvalue weighted by molar-refractivity contribution is -0.129. The molecule has 0 saturated carbocycles. The zero-order valence-corrected chi connectivity index (χ0v) is 19.4. The van der Waals surface area contributed by atoms with Crippen LogP contribution in [-0.4, -0.2) is 54.1 Å². The minimum absolute atomic E-state index is 0.102. The quantitative estimate of drug-likeness (QED) is 0.398. The Morgan fingerprint density at radius 2 is 1.80 bits per heavy atom. The summed E-state index contributed by atoms with van der Waals surface area (Å²) in [4.78, 5) is 26.7. The molecule has 2 aliphatic rings. The fraction of sp³-hybridized carbons (Fsp3) is 0.250. The van der Waals surface area contributed by atoms with Crippen LogP contribution in [0.2, 0.25) is 0 Å². The summed E-state index contributed by atoms with van der Waals surface area (Å²) in [5.41, 5.74) is 3.88. The molecule has 4 aromatic rings. The highest BCUT2D eigenvalue weighted by Gasteiger charge is 2.57. The highest BCUT2D eigenvalue weighted by molar-refractivity contribution is 6.09. The van der Waals surface area contributed by atoms with Crippen molar-refractivity contribution in [3.05, 3.63) is 90.3 Å². The van der Waals surface area contributed by atoms with Crippen LogP contribution in [0.15, 0.2) is 73.1 Å². The summed E-state index contributed by atoms with van der Waals surface area (Å²) >= 11 is 0. The van der Waals surface area contributed by atoms with E-state index in [1.807, 2.05) is 53.6 Å². The Morgan fingerprint density at radius 1 is 1.00 bits per heavy atom. The Kier molecular flexibility index (Phi) is 5.31. The Labute approximate surface area is 203 Å². The smallest absolute Gasteiger partial charge is 0.240 e. The van der Waals surface area contributed by atoms with E-state index in [4.69, 9.17) is 9.72 Å². The SMILES string of the molecule is COCCN1CC2(C1)C(=O)N(Cc1ncc3ccccc3c1-c1ccc(F)nc1)c1ccccc12. The van der Waals surface area contributed by atoms with E-state index in [-0.39, 0.29) is 5.91 Å². The number of aromatic nitrogens is 2. The summed E-state index contributed by atoms with van der Waals surface area (Å²) in [6.45, 7) is 3.14. The number of anilines is 1. The molecule has 1 spiro atoms. The Bertz CT molecular complexity index is 1420. The monoisotopic (exact) mass is 468 g/mol. The number of nitrogens with zero attached hydrogens (tertiary/aromatic N) is 4. The van der Waals surface area contributed by atoms with E-state index in [0.717, 1.165) is 45.4 Å². The first-order valence-corrected chi connectivity index (χ1v) is 11.7. The number of para-hydroxylation sites is 1. The van der Waals surface area contributed by atoms with Gasteiger partial charge in [-0.25, -0.2) is 4.98 Å². The molecule has 0 unspecified atom stereocenters. The molecule has 1 saturated heterocycles. The van der Waals surface area contributed by atoms with E-state index in [9.17, 15) is 9.18 Å². The van der Waals surface area contributed by atoms with E-state index in [2.05, 4.69) is 16.0 Å². The van der Waals surface area contributed by atoms with Crippen LogP contribution in [0.1, 0.15) is 11.3 Å². The number of amides is 1. The molecule has 0 aliphatic carbocycles. The summed E-state index contributed by atoms with van der Waals surface area (Å²) < 4.78 is 18.8. The minimum atomic E-state index is -0.530. The van der Waals surface area contributed by atoms with Gasteiger partial charge in [0, 0.05) is 61.3 Å². The number of carbonyl (C=O) groups excluding carboxylic acids is 1. The summed E-state index contributed by atoms with van der Waals surface area (Å²) in [6.07, 6.45) is 3.37. The van der Waals surface area contributed by atoms with Gasteiger partial charge in [-0.2, -0.15) is 4.39 Å². The van der Waals surface area contributed by atoms with Gasteiger partial charge < -0.3 is 9.64 Å². The number of ether oxygens (including phenoxy) is 1. The van der Waals surface area contributed by atoms with Crippen LogP contribution in [0, 0.1) is 5.95 Å². The number of hydrogen-bond donors (Lipinski definition) is 0. The first kappa shape index (κ1) is 21.8. The van der Waals surface area contributed by atoms with E-state index in [1.165, 1.54) is 12.3 Å². The van der Waals surface area contributed by atoms with Crippen molar-refractivity contribution in [3.63, 3.8) is 0 Å². The van der Waals surface area contributed by atoms with Gasteiger partial charge in [-0.05, 0) is 29.1 Å². The molecule has 0 bridgehead atoms. The van der Waals surface area contributed by atoms with Crippen molar-refractivity contribution in [2.75, 3.05) is 38.3 Å². The molecule has 7 heteroatoms. The molecule has 2 aromatic carbocycles. The predicted octanol–water partition coefficient (Wildman–Crippen LogP) is 4.18. The van der Waals surface area contributed by atoms with E-state index in [1.54, 1.807) is 13.2 Å². The third-order valence-electron chi connectivity index (χ3n) is 7.17. The van der Waals surface area contributed by atoms with Crippen molar-refractivity contribution in [3.8, 4) is 11.1 Å². The number of likely N-dealkylation sites (tertiary alicyclic amines) is 1. The van der Waals surface area contributed by atoms with Gasteiger partial charge in [-0.1, -0.05) is 42.5 Å². The molecule has 35 heavy (non-hydrogen) atoms.